The minimum absolute atomic E-state index is 0.217. The average Bonchev–Trinajstić information content (AvgIpc) is 2.28. The Balaban J connectivity index is 3.11. The Kier molecular flexibility index (Phi) is 4.83. The van der Waals surface area contributed by atoms with E-state index < -0.39 is 10.7 Å². The van der Waals surface area contributed by atoms with Gasteiger partial charge in [-0.1, -0.05) is 0 Å². The van der Waals surface area contributed by atoms with Crippen molar-refractivity contribution in [2.24, 2.45) is 0 Å². The summed E-state index contributed by atoms with van der Waals surface area (Å²) in [6.07, 6.45) is 0. The van der Waals surface area contributed by atoms with Gasteiger partial charge in [-0.25, -0.2) is 4.39 Å². The van der Waals surface area contributed by atoms with E-state index >= 15 is 0 Å². The summed E-state index contributed by atoms with van der Waals surface area (Å²) in [5, 5.41) is 13.8. The summed E-state index contributed by atoms with van der Waals surface area (Å²) < 4.78 is 13.5. The van der Waals surface area contributed by atoms with E-state index in [4.69, 9.17) is 0 Å². The van der Waals surface area contributed by atoms with E-state index in [0.29, 0.717) is 18.8 Å². The third kappa shape index (κ3) is 3.37. The first-order valence-corrected chi connectivity index (χ1v) is 5.76. The summed E-state index contributed by atoms with van der Waals surface area (Å²) in [6.45, 7) is 1.28. The quantitative estimate of drug-likeness (QED) is 0.669. The number of rotatable bonds is 5. The monoisotopic (exact) mass is 305 g/mol. The van der Waals surface area contributed by atoms with Crippen molar-refractivity contribution in [2.75, 3.05) is 32.1 Å². The molecule has 5 nitrogen and oxygen atoms in total. The molecule has 0 fully saturated rings. The number of nitro groups is 1. The van der Waals surface area contributed by atoms with Gasteiger partial charge in [-0.3, -0.25) is 10.1 Å². The fourth-order valence-corrected chi connectivity index (χ4v) is 1.71. The highest BCUT2D eigenvalue weighted by atomic mass is 79.9. The second-order valence-electron chi connectivity index (χ2n) is 3.54. The average molecular weight is 306 g/mol. The summed E-state index contributed by atoms with van der Waals surface area (Å²) in [4.78, 5) is 12.0. The Labute approximate surface area is 107 Å². The Bertz CT molecular complexity index is 428. The van der Waals surface area contributed by atoms with Crippen LogP contribution >= 0.6 is 15.9 Å². The standard InChI is InChI=1S/C10H13BrFN3O2/c1-13-3-4-14(2)9-5-7(11)8(12)6-10(9)15(16)17/h5-6,13H,3-4H2,1-2H3. The third-order valence-corrected chi connectivity index (χ3v) is 2.93. The zero-order valence-corrected chi connectivity index (χ0v) is 11.1. The largest absolute Gasteiger partial charge is 0.368 e. The molecule has 0 radical (unpaired) electrons. The predicted molar refractivity (Wildman–Crippen MR) is 68.0 cm³/mol. The second kappa shape index (κ2) is 5.92. The normalized spacial score (nSPS) is 10.4. The number of hydrogen-bond acceptors (Lipinski definition) is 4. The Hall–Kier alpha value is -1.21. The molecular weight excluding hydrogens is 293 g/mol. The molecule has 0 heterocycles. The number of anilines is 1. The van der Waals surface area contributed by atoms with E-state index in [1.807, 2.05) is 0 Å². The van der Waals surface area contributed by atoms with Crippen LogP contribution in [0.2, 0.25) is 0 Å². The van der Waals surface area contributed by atoms with E-state index in [1.54, 1.807) is 19.0 Å². The van der Waals surface area contributed by atoms with Gasteiger partial charge < -0.3 is 10.2 Å². The van der Waals surface area contributed by atoms with Crippen molar-refractivity contribution >= 4 is 27.3 Å². The highest BCUT2D eigenvalue weighted by Crippen LogP contribution is 2.32. The summed E-state index contributed by atoms with van der Waals surface area (Å²) in [6, 6.07) is 2.35. The van der Waals surface area contributed by atoms with Gasteiger partial charge in [0.2, 0.25) is 0 Å². The Morgan fingerprint density at radius 3 is 2.76 bits per heavy atom. The lowest BCUT2D eigenvalue weighted by Crippen LogP contribution is -2.27. The van der Waals surface area contributed by atoms with E-state index in [0.717, 1.165) is 6.07 Å². The number of nitro benzene ring substituents is 1. The van der Waals surface area contributed by atoms with Gasteiger partial charge in [-0.05, 0) is 29.0 Å². The van der Waals surface area contributed by atoms with E-state index in [-0.39, 0.29) is 10.2 Å². The smallest absolute Gasteiger partial charge is 0.295 e. The van der Waals surface area contributed by atoms with Gasteiger partial charge in [0.1, 0.15) is 11.5 Å². The maximum atomic E-state index is 13.3. The molecule has 0 atom stereocenters. The van der Waals surface area contributed by atoms with Crippen molar-refractivity contribution < 1.29 is 9.31 Å². The van der Waals surface area contributed by atoms with Crippen molar-refractivity contribution in [2.45, 2.75) is 0 Å². The molecule has 0 spiro atoms. The van der Waals surface area contributed by atoms with Crippen molar-refractivity contribution in [1.82, 2.24) is 5.32 Å². The molecule has 0 saturated heterocycles. The van der Waals surface area contributed by atoms with Gasteiger partial charge in [0.25, 0.3) is 5.69 Å². The summed E-state index contributed by atoms with van der Waals surface area (Å²) in [7, 11) is 3.52. The first-order chi connectivity index (χ1) is 7.97. The second-order valence-corrected chi connectivity index (χ2v) is 4.39. The molecule has 0 aromatic heterocycles. The first-order valence-electron chi connectivity index (χ1n) is 4.96. The van der Waals surface area contributed by atoms with Crippen LogP contribution < -0.4 is 10.2 Å². The van der Waals surface area contributed by atoms with Crippen molar-refractivity contribution in [3.05, 3.63) is 32.5 Å². The van der Waals surface area contributed by atoms with Gasteiger partial charge in [-0.15, -0.1) is 0 Å². The summed E-state index contributed by atoms with van der Waals surface area (Å²) in [5.41, 5.74) is 0.155. The van der Waals surface area contributed by atoms with Crippen LogP contribution in [0.4, 0.5) is 15.8 Å². The molecule has 7 heteroatoms. The number of nitrogens with zero attached hydrogens (tertiary/aromatic N) is 2. The Morgan fingerprint density at radius 2 is 2.24 bits per heavy atom. The van der Waals surface area contributed by atoms with Crippen molar-refractivity contribution in [3.8, 4) is 0 Å². The molecule has 1 rings (SSSR count). The molecule has 0 bridgehead atoms. The zero-order valence-electron chi connectivity index (χ0n) is 9.54. The molecule has 1 aromatic rings. The lowest BCUT2D eigenvalue weighted by molar-refractivity contribution is -0.384. The lowest BCUT2D eigenvalue weighted by atomic mass is 10.2. The van der Waals surface area contributed by atoms with E-state index in [2.05, 4.69) is 21.2 Å². The van der Waals surface area contributed by atoms with Gasteiger partial charge in [-0.2, -0.15) is 0 Å². The van der Waals surface area contributed by atoms with E-state index in [9.17, 15) is 14.5 Å². The van der Waals surface area contributed by atoms with Gasteiger partial charge in [0.05, 0.1) is 15.5 Å². The summed E-state index contributed by atoms with van der Waals surface area (Å²) >= 11 is 3.03. The maximum Gasteiger partial charge on any atom is 0.295 e. The molecular formula is C10H13BrFN3O2. The molecule has 1 aromatic carbocycles. The van der Waals surface area contributed by atoms with Crippen LogP contribution in [0.1, 0.15) is 0 Å². The molecule has 0 unspecified atom stereocenters. The van der Waals surface area contributed by atoms with E-state index in [1.165, 1.54) is 6.07 Å². The minimum atomic E-state index is -0.637. The van der Waals surface area contributed by atoms with Crippen LogP contribution in [0.5, 0.6) is 0 Å². The van der Waals surface area contributed by atoms with Crippen molar-refractivity contribution in [3.63, 3.8) is 0 Å². The fraction of sp³-hybridized carbons (Fsp3) is 0.400. The SMILES string of the molecule is CNCCN(C)c1cc(Br)c(F)cc1[N+](=O)[O-]. The molecule has 0 aliphatic carbocycles. The maximum absolute atomic E-state index is 13.3. The van der Waals surface area contributed by atoms with Crippen LogP contribution in [0.3, 0.4) is 0 Å². The zero-order chi connectivity index (χ0) is 13.0. The van der Waals surface area contributed by atoms with Crippen LogP contribution in [0.15, 0.2) is 16.6 Å². The molecule has 0 aliphatic rings. The number of benzene rings is 1. The first kappa shape index (κ1) is 13.9. The van der Waals surface area contributed by atoms with Crippen LogP contribution in [-0.4, -0.2) is 32.1 Å². The molecule has 0 saturated carbocycles. The number of hydrogen-bond donors (Lipinski definition) is 1. The predicted octanol–water partition coefficient (Wildman–Crippen LogP) is 2.15. The minimum Gasteiger partial charge on any atom is -0.368 e. The number of nitrogens with one attached hydrogen (secondary N) is 1. The number of likely N-dealkylation sites (N-methyl/N-ethyl adjacent to an activating group) is 2. The van der Waals surface area contributed by atoms with Gasteiger partial charge in [0.15, 0.2) is 0 Å². The van der Waals surface area contributed by atoms with Gasteiger partial charge in [0, 0.05) is 20.1 Å². The fourth-order valence-electron chi connectivity index (χ4n) is 1.38. The summed E-state index contributed by atoms with van der Waals surface area (Å²) in [5.74, 6) is -0.637. The molecule has 17 heavy (non-hydrogen) atoms. The number of halogens is 2. The lowest BCUT2D eigenvalue weighted by Gasteiger charge is -2.19. The highest BCUT2D eigenvalue weighted by Gasteiger charge is 2.20. The molecule has 0 amide bonds. The van der Waals surface area contributed by atoms with Crippen LogP contribution in [0.25, 0.3) is 0 Å². The van der Waals surface area contributed by atoms with Crippen LogP contribution in [0, 0.1) is 15.9 Å². The molecule has 1 N–H and O–H groups in total. The highest BCUT2D eigenvalue weighted by molar-refractivity contribution is 9.10. The molecule has 0 aliphatic heterocycles. The topological polar surface area (TPSA) is 58.4 Å². The third-order valence-electron chi connectivity index (χ3n) is 2.32. The van der Waals surface area contributed by atoms with Gasteiger partial charge >= 0.3 is 0 Å². The Morgan fingerprint density at radius 1 is 1.59 bits per heavy atom. The molecule has 94 valence electrons. The van der Waals surface area contributed by atoms with Crippen LogP contribution in [-0.2, 0) is 0 Å². The van der Waals surface area contributed by atoms with Crippen molar-refractivity contribution in [1.29, 1.82) is 0 Å².